The van der Waals surface area contributed by atoms with Gasteiger partial charge in [0.1, 0.15) is 5.75 Å². The lowest BCUT2D eigenvalue weighted by Crippen LogP contribution is -1.94. The van der Waals surface area contributed by atoms with E-state index in [2.05, 4.69) is 5.32 Å². The van der Waals surface area contributed by atoms with Gasteiger partial charge in [-0.2, -0.15) is 0 Å². The Morgan fingerprint density at radius 2 is 2.12 bits per heavy atom. The third-order valence-corrected chi connectivity index (χ3v) is 3.27. The summed E-state index contributed by atoms with van der Waals surface area (Å²) in [5.74, 6) is 1.50. The van der Waals surface area contributed by atoms with E-state index < -0.39 is 0 Å². The van der Waals surface area contributed by atoms with Crippen LogP contribution in [0, 0.1) is 6.92 Å². The minimum Gasteiger partial charge on any atom is -0.454 e. The molecule has 0 amide bonds. The Hall–Kier alpha value is -1.52. The minimum absolute atomic E-state index is 0.000460. The maximum absolute atomic E-state index is 9.18. The second-order valence-corrected chi connectivity index (χ2v) is 4.51. The minimum atomic E-state index is -0.000460. The Bertz CT molecular complexity index is 508. The monoisotopic (exact) mass is 249 g/mol. The molecule has 0 bridgehead atoms. The molecule has 4 heteroatoms. The van der Waals surface area contributed by atoms with Crippen LogP contribution in [0.2, 0.25) is 0 Å². The average Bonchev–Trinajstić information content (AvgIpc) is 2.77. The maximum atomic E-state index is 9.18. The van der Waals surface area contributed by atoms with E-state index in [1.54, 1.807) is 0 Å². The Morgan fingerprint density at radius 1 is 1.29 bits per heavy atom. The van der Waals surface area contributed by atoms with Crippen LogP contribution in [0.25, 0.3) is 0 Å². The zero-order valence-corrected chi connectivity index (χ0v) is 10.7. The molecule has 1 heterocycles. The number of hydrogen-bond acceptors (Lipinski definition) is 4. The number of ether oxygens (including phenoxy) is 1. The van der Waals surface area contributed by atoms with E-state index >= 15 is 0 Å². The quantitative estimate of drug-likeness (QED) is 0.872. The highest BCUT2D eigenvalue weighted by Gasteiger charge is 2.08. The van der Waals surface area contributed by atoms with Gasteiger partial charge in [0.05, 0.1) is 12.3 Å². The fourth-order valence-corrected chi connectivity index (χ4v) is 2.30. The molecule has 0 fully saturated rings. The van der Waals surface area contributed by atoms with Gasteiger partial charge in [-0.05, 0) is 24.6 Å². The largest absolute Gasteiger partial charge is 0.454 e. The van der Waals surface area contributed by atoms with Crippen molar-refractivity contribution < 1.29 is 9.84 Å². The number of benzene rings is 1. The topological polar surface area (TPSA) is 41.5 Å². The molecule has 0 radical (unpaired) electrons. The highest BCUT2D eigenvalue weighted by Crippen LogP contribution is 2.33. The van der Waals surface area contributed by atoms with Crippen molar-refractivity contribution in [3.05, 3.63) is 40.1 Å². The van der Waals surface area contributed by atoms with E-state index in [9.17, 15) is 5.11 Å². The zero-order valence-electron chi connectivity index (χ0n) is 9.86. The van der Waals surface area contributed by atoms with Gasteiger partial charge in [-0.15, -0.1) is 11.3 Å². The van der Waals surface area contributed by atoms with Crippen molar-refractivity contribution >= 4 is 17.0 Å². The standard InChI is InChI=1S/C13H15NO2S/c1-9-3-4-11(14-2)12(5-9)16-13-8-17-7-10(13)6-15/h3-5,7-8,14-15H,6H2,1-2H3. The van der Waals surface area contributed by atoms with Crippen LogP contribution < -0.4 is 10.1 Å². The number of hydrogen-bond donors (Lipinski definition) is 2. The predicted molar refractivity (Wildman–Crippen MR) is 71.0 cm³/mol. The SMILES string of the molecule is CNc1ccc(C)cc1Oc1cscc1CO. The van der Waals surface area contributed by atoms with Crippen LogP contribution in [0.1, 0.15) is 11.1 Å². The first-order valence-electron chi connectivity index (χ1n) is 5.36. The van der Waals surface area contributed by atoms with Gasteiger partial charge in [0, 0.05) is 23.4 Å². The second-order valence-electron chi connectivity index (χ2n) is 3.77. The van der Waals surface area contributed by atoms with E-state index in [1.807, 2.05) is 42.9 Å². The van der Waals surface area contributed by atoms with Gasteiger partial charge in [-0.25, -0.2) is 0 Å². The molecule has 0 aliphatic heterocycles. The van der Waals surface area contributed by atoms with Crippen LogP contribution in [0.5, 0.6) is 11.5 Å². The molecular weight excluding hydrogens is 234 g/mol. The third kappa shape index (κ3) is 2.60. The van der Waals surface area contributed by atoms with Crippen molar-refractivity contribution in [1.82, 2.24) is 0 Å². The second kappa shape index (κ2) is 5.21. The Labute approximate surface area is 105 Å². The number of rotatable bonds is 4. The molecule has 0 atom stereocenters. The summed E-state index contributed by atoms with van der Waals surface area (Å²) < 4.78 is 5.83. The van der Waals surface area contributed by atoms with Gasteiger partial charge >= 0.3 is 0 Å². The third-order valence-electron chi connectivity index (χ3n) is 2.50. The van der Waals surface area contributed by atoms with Crippen molar-refractivity contribution in [3.63, 3.8) is 0 Å². The first kappa shape index (κ1) is 12.0. The van der Waals surface area contributed by atoms with Crippen LogP contribution in [0.3, 0.4) is 0 Å². The van der Waals surface area contributed by atoms with Gasteiger partial charge in [-0.1, -0.05) is 6.07 Å². The summed E-state index contributed by atoms with van der Waals surface area (Å²) >= 11 is 1.52. The summed E-state index contributed by atoms with van der Waals surface area (Å²) in [6.45, 7) is 2.02. The highest BCUT2D eigenvalue weighted by atomic mass is 32.1. The van der Waals surface area contributed by atoms with E-state index in [4.69, 9.17) is 4.74 Å². The molecular formula is C13H15NO2S. The number of nitrogens with one attached hydrogen (secondary N) is 1. The first-order valence-corrected chi connectivity index (χ1v) is 6.31. The molecule has 0 unspecified atom stereocenters. The van der Waals surface area contributed by atoms with Crippen LogP contribution in [0.15, 0.2) is 29.0 Å². The van der Waals surface area contributed by atoms with Crippen molar-refractivity contribution in [2.24, 2.45) is 0 Å². The summed E-state index contributed by atoms with van der Waals surface area (Å²) in [7, 11) is 1.86. The molecule has 3 nitrogen and oxygen atoms in total. The average molecular weight is 249 g/mol. The molecule has 90 valence electrons. The van der Waals surface area contributed by atoms with E-state index in [0.717, 1.165) is 28.3 Å². The Kier molecular flexibility index (Phi) is 3.66. The highest BCUT2D eigenvalue weighted by molar-refractivity contribution is 7.08. The van der Waals surface area contributed by atoms with Gasteiger partial charge in [-0.3, -0.25) is 0 Å². The predicted octanol–water partition coefficient (Wildman–Crippen LogP) is 3.38. The lowest BCUT2D eigenvalue weighted by atomic mass is 10.2. The number of thiophene rings is 1. The van der Waals surface area contributed by atoms with Gasteiger partial charge in [0.15, 0.2) is 5.75 Å². The van der Waals surface area contributed by atoms with E-state index in [1.165, 1.54) is 11.3 Å². The molecule has 1 aromatic heterocycles. The smallest absolute Gasteiger partial charge is 0.150 e. The molecule has 2 aromatic rings. The van der Waals surface area contributed by atoms with Crippen molar-refractivity contribution in [2.75, 3.05) is 12.4 Å². The van der Waals surface area contributed by atoms with Crippen molar-refractivity contribution in [1.29, 1.82) is 0 Å². The fourth-order valence-electron chi connectivity index (χ4n) is 1.56. The van der Waals surface area contributed by atoms with E-state index in [0.29, 0.717) is 0 Å². The summed E-state index contributed by atoms with van der Waals surface area (Å²) in [6, 6.07) is 5.99. The van der Waals surface area contributed by atoms with Crippen LogP contribution in [0.4, 0.5) is 5.69 Å². The summed E-state index contributed by atoms with van der Waals surface area (Å²) in [5, 5.41) is 16.1. The van der Waals surface area contributed by atoms with Crippen molar-refractivity contribution in [2.45, 2.75) is 13.5 Å². The molecule has 0 saturated heterocycles. The molecule has 0 aliphatic rings. The number of aliphatic hydroxyl groups is 1. The number of aryl methyl sites for hydroxylation is 1. The van der Waals surface area contributed by atoms with Gasteiger partial charge in [0.2, 0.25) is 0 Å². The van der Waals surface area contributed by atoms with Gasteiger partial charge < -0.3 is 15.2 Å². The maximum Gasteiger partial charge on any atom is 0.150 e. The van der Waals surface area contributed by atoms with Crippen molar-refractivity contribution in [3.8, 4) is 11.5 Å². The Morgan fingerprint density at radius 3 is 2.82 bits per heavy atom. The molecule has 0 aliphatic carbocycles. The van der Waals surface area contributed by atoms with E-state index in [-0.39, 0.29) is 6.61 Å². The molecule has 17 heavy (non-hydrogen) atoms. The summed E-state index contributed by atoms with van der Waals surface area (Å²) in [6.07, 6.45) is 0. The molecule has 2 N–H and O–H groups in total. The van der Waals surface area contributed by atoms with Crippen LogP contribution >= 0.6 is 11.3 Å². The lowest BCUT2D eigenvalue weighted by molar-refractivity contribution is 0.277. The van der Waals surface area contributed by atoms with Crippen LogP contribution in [-0.2, 0) is 6.61 Å². The molecule has 2 rings (SSSR count). The number of anilines is 1. The lowest BCUT2D eigenvalue weighted by Gasteiger charge is -2.11. The molecule has 0 saturated carbocycles. The number of aliphatic hydroxyl groups excluding tert-OH is 1. The van der Waals surface area contributed by atoms with Crippen LogP contribution in [-0.4, -0.2) is 12.2 Å². The zero-order chi connectivity index (χ0) is 12.3. The summed E-state index contributed by atoms with van der Waals surface area (Å²) in [4.78, 5) is 0. The summed E-state index contributed by atoms with van der Waals surface area (Å²) in [5.41, 5.74) is 2.89. The first-order chi connectivity index (χ1) is 8.24. The van der Waals surface area contributed by atoms with Gasteiger partial charge in [0.25, 0.3) is 0 Å². The molecule has 1 aromatic carbocycles. The normalized spacial score (nSPS) is 10.3. The fraction of sp³-hybridized carbons (Fsp3) is 0.231. The Balaban J connectivity index is 2.32. The molecule has 0 spiro atoms.